The van der Waals surface area contributed by atoms with Crippen LogP contribution in [0.2, 0.25) is 0 Å². The number of likely N-dealkylation sites (tertiary alicyclic amines) is 1. The van der Waals surface area contributed by atoms with Gasteiger partial charge in [0.1, 0.15) is 0 Å². The van der Waals surface area contributed by atoms with E-state index in [2.05, 4.69) is 15.6 Å². The molecule has 1 amide bonds. The summed E-state index contributed by atoms with van der Waals surface area (Å²) in [6.07, 6.45) is 1.39. The maximum Gasteiger partial charge on any atom is 0.225 e. The zero-order valence-electron chi connectivity index (χ0n) is 17.0. The first-order valence-electron chi connectivity index (χ1n) is 9.81. The zero-order chi connectivity index (χ0) is 20.6. The summed E-state index contributed by atoms with van der Waals surface area (Å²) in [5.74, 6) is 1.03. The molecule has 0 aliphatic carbocycles. The highest BCUT2D eigenvalue weighted by Gasteiger charge is 2.27. The van der Waals surface area contributed by atoms with Crippen molar-refractivity contribution >= 4 is 21.7 Å². The number of sulfone groups is 1. The summed E-state index contributed by atoms with van der Waals surface area (Å²) >= 11 is 0. The fourth-order valence-corrected chi connectivity index (χ4v) is 4.66. The molecular formula is C20H32N4O3S. The molecule has 1 aromatic rings. The SMILES string of the molecule is CN=C(NCCCS(=O)(=O)Cc1ccccc1)NC1CCN(C(=O)C(C)C)C1. The molecule has 156 valence electrons. The molecule has 1 aliphatic heterocycles. The molecule has 2 N–H and O–H groups in total. The van der Waals surface area contributed by atoms with Gasteiger partial charge in [0.05, 0.1) is 11.5 Å². The second-order valence-corrected chi connectivity index (χ2v) is 9.68. The first kappa shape index (κ1) is 22.2. The van der Waals surface area contributed by atoms with Crippen molar-refractivity contribution in [2.45, 2.75) is 38.5 Å². The van der Waals surface area contributed by atoms with Gasteiger partial charge in [0.15, 0.2) is 15.8 Å². The number of amides is 1. The van der Waals surface area contributed by atoms with Crippen LogP contribution < -0.4 is 10.6 Å². The van der Waals surface area contributed by atoms with Gasteiger partial charge in [-0.1, -0.05) is 44.2 Å². The van der Waals surface area contributed by atoms with Gasteiger partial charge in [-0.25, -0.2) is 8.42 Å². The number of hydrogen-bond acceptors (Lipinski definition) is 4. The Hall–Kier alpha value is -2.09. The van der Waals surface area contributed by atoms with Gasteiger partial charge in [-0.15, -0.1) is 0 Å². The number of aliphatic imine (C=N–C) groups is 1. The average Bonchev–Trinajstić information content (AvgIpc) is 3.12. The first-order valence-corrected chi connectivity index (χ1v) is 11.6. The highest BCUT2D eigenvalue weighted by Crippen LogP contribution is 2.12. The molecule has 1 saturated heterocycles. The van der Waals surface area contributed by atoms with Crippen molar-refractivity contribution < 1.29 is 13.2 Å². The standard InChI is InChI=1S/C20H32N4O3S/c1-16(2)19(25)24-12-10-18(14-24)23-20(21-3)22-11-7-13-28(26,27)15-17-8-5-4-6-9-17/h4-6,8-9,16,18H,7,10-15H2,1-3H3,(H2,21,22,23). The van der Waals surface area contributed by atoms with Gasteiger partial charge in [-0.3, -0.25) is 9.79 Å². The monoisotopic (exact) mass is 408 g/mol. The number of rotatable bonds is 8. The number of nitrogens with zero attached hydrogens (tertiary/aromatic N) is 2. The Morgan fingerprint density at radius 1 is 1.29 bits per heavy atom. The van der Waals surface area contributed by atoms with Gasteiger partial charge < -0.3 is 15.5 Å². The molecule has 0 radical (unpaired) electrons. The van der Waals surface area contributed by atoms with Crippen molar-refractivity contribution in [2.75, 3.05) is 32.4 Å². The predicted molar refractivity (Wildman–Crippen MR) is 113 cm³/mol. The van der Waals surface area contributed by atoms with Crippen molar-refractivity contribution in [1.29, 1.82) is 0 Å². The van der Waals surface area contributed by atoms with Crippen LogP contribution in [0.5, 0.6) is 0 Å². The van der Waals surface area contributed by atoms with E-state index in [0.717, 1.165) is 18.5 Å². The molecule has 1 fully saturated rings. The molecule has 7 nitrogen and oxygen atoms in total. The Kier molecular flexibility index (Phi) is 8.29. The number of nitrogens with one attached hydrogen (secondary N) is 2. The molecule has 1 atom stereocenters. The van der Waals surface area contributed by atoms with E-state index in [9.17, 15) is 13.2 Å². The molecule has 0 aromatic heterocycles. The number of carbonyl (C=O) groups excluding carboxylic acids is 1. The van der Waals surface area contributed by atoms with Crippen LogP contribution >= 0.6 is 0 Å². The van der Waals surface area contributed by atoms with Crippen molar-refractivity contribution in [3.8, 4) is 0 Å². The van der Waals surface area contributed by atoms with Gasteiger partial charge in [0.25, 0.3) is 0 Å². The van der Waals surface area contributed by atoms with Crippen LogP contribution in [0.3, 0.4) is 0 Å². The Balaban J connectivity index is 1.71. The van der Waals surface area contributed by atoms with E-state index >= 15 is 0 Å². The summed E-state index contributed by atoms with van der Waals surface area (Å²) in [5, 5.41) is 6.49. The number of hydrogen-bond donors (Lipinski definition) is 2. The lowest BCUT2D eigenvalue weighted by molar-refractivity contribution is -0.133. The number of guanidine groups is 1. The maximum absolute atomic E-state index is 12.2. The van der Waals surface area contributed by atoms with Gasteiger partial charge >= 0.3 is 0 Å². The molecule has 1 unspecified atom stereocenters. The predicted octanol–water partition coefficient (Wildman–Crippen LogP) is 1.41. The smallest absolute Gasteiger partial charge is 0.225 e. The van der Waals surface area contributed by atoms with Crippen LogP contribution in [-0.2, 0) is 20.4 Å². The van der Waals surface area contributed by atoms with E-state index in [0.29, 0.717) is 25.5 Å². The summed E-state index contributed by atoms with van der Waals surface area (Å²) in [4.78, 5) is 18.2. The zero-order valence-corrected chi connectivity index (χ0v) is 17.8. The van der Waals surface area contributed by atoms with Crippen LogP contribution in [0.15, 0.2) is 35.3 Å². The third kappa shape index (κ3) is 7.14. The van der Waals surface area contributed by atoms with Gasteiger partial charge in [-0.2, -0.15) is 0 Å². The normalized spacial score (nSPS) is 17.8. The Morgan fingerprint density at radius 3 is 2.64 bits per heavy atom. The molecular weight excluding hydrogens is 376 g/mol. The highest BCUT2D eigenvalue weighted by molar-refractivity contribution is 7.90. The minimum absolute atomic E-state index is 0.00835. The van der Waals surface area contributed by atoms with Crippen molar-refractivity contribution in [3.05, 3.63) is 35.9 Å². The minimum Gasteiger partial charge on any atom is -0.356 e. The summed E-state index contributed by atoms with van der Waals surface area (Å²) in [5.41, 5.74) is 0.815. The summed E-state index contributed by atoms with van der Waals surface area (Å²) in [6, 6.07) is 9.39. The fraction of sp³-hybridized carbons (Fsp3) is 0.600. The van der Waals surface area contributed by atoms with Crippen molar-refractivity contribution in [3.63, 3.8) is 0 Å². The van der Waals surface area contributed by atoms with E-state index in [1.165, 1.54) is 0 Å². The lowest BCUT2D eigenvalue weighted by atomic mass is 10.2. The number of carbonyl (C=O) groups is 1. The highest BCUT2D eigenvalue weighted by atomic mass is 32.2. The van der Waals surface area contributed by atoms with Gasteiger partial charge in [0.2, 0.25) is 5.91 Å². The summed E-state index contributed by atoms with van der Waals surface area (Å²) in [7, 11) is -1.44. The molecule has 0 bridgehead atoms. The van der Waals surface area contributed by atoms with E-state index in [-0.39, 0.29) is 29.4 Å². The van der Waals surface area contributed by atoms with E-state index in [4.69, 9.17) is 0 Å². The van der Waals surface area contributed by atoms with Gasteiger partial charge in [-0.05, 0) is 18.4 Å². The Bertz CT molecular complexity index is 763. The summed E-state index contributed by atoms with van der Waals surface area (Å²) in [6.45, 7) is 5.77. The van der Waals surface area contributed by atoms with Gasteiger partial charge in [0, 0.05) is 38.6 Å². The molecule has 2 rings (SSSR count). The fourth-order valence-electron chi connectivity index (χ4n) is 3.23. The average molecular weight is 409 g/mol. The summed E-state index contributed by atoms with van der Waals surface area (Å²) < 4.78 is 24.5. The molecule has 0 saturated carbocycles. The van der Waals surface area contributed by atoms with E-state index < -0.39 is 9.84 Å². The Morgan fingerprint density at radius 2 is 2.00 bits per heavy atom. The third-order valence-corrected chi connectivity index (χ3v) is 6.40. The molecule has 0 spiro atoms. The third-order valence-electron chi connectivity index (χ3n) is 4.71. The first-order chi connectivity index (χ1) is 13.3. The minimum atomic E-state index is -3.13. The lowest BCUT2D eigenvalue weighted by Crippen LogP contribution is -2.45. The molecule has 8 heteroatoms. The van der Waals surface area contributed by atoms with Crippen LogP contribution in [-0.4, -0.2) is 63.7 Å². The van der Waals surface area contributed by atoms with Crippen LogP contribution in [0.25, 0.3) is 0 Å². The van der Waals surface area contributed by atoms with Crippen molar-refractivity contribution in [1.82, 2.24) is 15.5 Å². The Labute approximate surface area is 168 Å². The van der Waals surface area contributed by atoms with E-state index in [1.807, 2.05) is 49.1 Å². The van der Waals surface area contributed by atoms with Crippen LogP contribution in [0, 0.1) is 5.92 Å². The largest absolute Gasteiger partial charge is 0.356 e. The molecule has 1 heterocycles. The van der Waals surface area contributed by atoms with Crippen LogP contribution in [0.4, 0.5) is 0 Å². The second kappa shape index (κ2) is 10.5. The quantitative estimate of drug-likeness (QED) is 0.386. The van der Waals surface area contributed by atoms with E-state index in [1.54, 1.807) is 7.05 Å². The lowest BCUT2D eigenvalue weighted by Gasteiger charge is -2.20. The molecule has 28 heavy (non-hydrogen) atoms. The van der Waals surface area contributed by atoms with Crippen molar-refractivity contribution in [2.24, 2.45) is 10.9 Å². The number of benzene rings is 1. The topological polar surface area (TPSA) is 90.9 Å². The second-order valence-electron chi connectivity index (χ2n) is 7.50. The molecule has 1 aliphatic rings. The van der Waals surface area contributed by atoms with Crippen LogP contribution in [0.1, 0.15) is 32.3 Å². The maximum atomic E-state index is 12.2. The molecule has 1 aromatic carbocycles.